The molecule has 0 saturated carbocycles. The number of aromatic nitrogens is 3. The summed E-state index contributed by atoms with van der Waals surface area (Å²) in [5, 5.41) is 14.8. The molecule has 0 aliphatic rings. The third kappa shape index (κ3) is 3.77. The Labute approximate surface area is 122 Å². The van der Waals surface area contributed by atoms with Crippen molar-refractivity contribution in [1.82, 2.24) is 15.4 Å². The number of carbonyl (C=O) groups excluding carboxylic acids is 1. The number of hydrogen-bond acceptors (Lipinski definition) is 7. The normalized spacial score (nSPS) is 10.4. The summed E-state index contributed by atoms with van der Waals surface area (Å²) in [4.78, 5) is 11.2. The number of nitrogens with zero attached hydrogens (tertiary/aromatic N) is 3. The van der Waals surface area contributed by atoms with Crippen molar-refractivity contribution in [2.45, 2.75) is 26.7 Å². The van der Waals surface area contributed by atoms with Crippen LogP contribution in [0.4, 0.5) is 5.82 Å². The Morgan fingerprint density at radius 2 is 2.14 bits per heavy atom. The SMILES string of the molecule is COC(=O)c1ccc(NCCCc2c(C)noc2C)nn1. The van der Waals surface area contributed by atoms with E-state index < -0.39 is 5.97 Å². The molecule has 112 valence electrons. The molecule has 0 aromatic carbocycles. The Hall–Kier alpha value is -2.44. The van der Waals surface area contributed by atoms with Crippen LogP contribution in [0.15, 0.2) is 16.7 Å². The Morgan fingerprint density at radius 1 is 1.33 bits per heavy atom. The molecule has 0 bridgehead atoms. The molecule has 0 saturated heterocycles. The molecule has 1 N–H and O–H groups in total. The number of rotatable bonds is 6. The number of methoxy groups -OCH3 is 1. The molecule has 0 unspecified atom stereocenters. The number of carbonyl (C=O) groups is 1. The van der Waals surface area contributed by atoms with Crippen LogP contribution in [-0.4, -0.2) is 35.0 Å². The Bertz CT molecular complexity index is 588. The van der Waals surface area contributed by atoms with Crippen molar-refractivity contribution in [3.63, 3.8) is 0 Å². The lowest BCUT2D eigenvalue weighted by Gasteiger charge is -2.05. The van der Waals surface area contributed by atoms with E-state index in [0.717, 1.165) is 36.4 Å². The fourth-order valence-corrected chi connectivity index (χ4v) is 1.98. The first-order chi connectivity index (χ1) is 10.1. The van der Waals surface area contributed by atoms with E-state index in [4.69, 9.17) is 4.52 Å². The monoisotopic (exact) mass is 290 g/mol. The highest BCUT2D eigenvalue weighted by Gasteiger charge is 2.09. The molecule has 2 aromatic heterocycles. The summed E-state index contributed by atoms with van der Waals surface area (Å²) in [7, 11) is 1.31. The number of anilines is 1. The fourth-order valence-electron chi connectivity index (χ4n) is 1.98. The topological polar surface area (TPSA) is 90.1 Å². The molecule has 2 rings (SSSR count). The van der Waals surface area contributed by atoms with Gasteiger partial charge in [0, 0.05) is 12.1 Å². The van der Waals surface area contributed by atoms with E-state index in [2.05, 4.69) is 25.4 Å². The Balaban J connectivity index is 1.80. The fraction of sp³-hybridized carbons (Fsp3) is 0.429. The van der Waals surface area contributed by atoms with Crippen molar-refractivity contribution in [3.05, 3.63) is 34.8 Å². The molecule has 7 heteroatoms. The van der Waals surface area contributed by atoms with Gasteiger partial charge in [0.25, 0.3) is 0 Å². The minimum absolute atomic E-state index is 0.193. The van der Waals surface area contributed by atoms with Gasteiger partial charge in [-0.05, 0) is 38.8 Å². The third-order valence-corrected chi connectivity index (χ3v) is 3.15. The maximum Gasteiger partial charge on any atom is 0.358 e. The van der Waals surface area contributed by atoms with E-state index in [1.807, 2.05) is 13.8 Å². The van der Waals surface area contributed by atoms with Gasteiger partial charge in [0.05, 0.1) is 12.8 Å². The number of aryl methyl sites for hydroxylation is 2. The zero-order chi connectivity index (χ0) is 15.2. The lowest BCUT2D eigenvalue weighted by atomic mass is 10.1. The summed E-state index contributed by atoms with van der Waals surface area (Å²) >= 11 is 0. The molecule has 0 fully saturated rings. The van der Waals surface area contributed by atoms with E-state index >= 15 is 0 Å². The second-order valence-corrected chi connectivity index (χ2v) is 4.63. The maximum absolute atomic E-state index is 11.2. The predicted molar refractivity (Wildman–Crippen MR) is 76.2 cm³/mol. The molecule has 2 heterocycles. The van der Waals surface area contributed by atoms with Crippen LogP contribution < -0.4 is 5.32 Å². The Kier molecular flexibility index (Phi) is 4.86. The first-order valence-corrected chi connectivity index (χ1v) is 6.69. The second kappa shape index (κ2) is 6.83. The highest BCUT2D eigenvalue weighted by Crippen LogP contribution is 2.14. The molecule has 0 amide bonds. The zero-order valence-electron chi connectivity index (χ0n) is 12.3. The summed E-state index contributed by atoms with van der Waals surface area (Å²) in [6, 6.07) is 3.28. The summed E-state index contributed by atoms with van der Waals surface area (Å²) in [6.07, 6.45) is 1.81. The minimum Gasteiger partial charge on any atom is -0.464 e. The summed E-state index contributed by atoms with van der Waals surface area (Å²) in [5.41, 5.74) is 2.29. The summed E-state index contributed by atoms with van der Waals surface area (Å²) < 4.78 is 9.68. The van der Waals surface area contributed by atoms with Crippen LogP contribution >= 0.6 is 0 Å². The van der Waals surface area contributed by atoms with E-state index in [1.54, 1.807) is 12.1 Å². The van der Waals surface area contributed by atoms with Gasteiger partial charge in [-0.3, -0.25) is 0 Å². The smallest absolute Gasteiger partial charge is 0.358 e. The van der Waals surface area contributed by atoms with Crippen LogP contribution in [-0.2, 0) is 11.2 Å². The van der Waals surface area contributed by atoms with Gasteiger partial charge in [-0.15, -0.1) is 10.2 Å². The molecule has 0 aliphatic heterocycles. The number of nitrogens with one attached hydrogen (secondary N) is 1. The molecule has 7 nitrogen and oxygen atoms in total. The first kappa shape index (κ1) is 15.0. The highest BCUT2D eigenvalue weighted by atomic mass is 16.5. The van der Waals surface area contributed by atoms with Crippen LogP contribution in [0.5, 0.6) is 0 Å². The zero-order valence-corrected chi connectivity index (χ0v) is 12.3. The number of hydrogen-bond donors (Lipinski definition) is 1. The molecule has 2 aromatic rings. The van der Waals surface area contributed by atoms with Gasteiger partial charge in [-0.2, -0.15) is 0 Å². The van der Waals surface area contributed by atoms with Gasteiger partial charge in [-0.25, -0.2) is 4.79 Å². The van der Waals surface area contributed by atoms with Crippen LogP contribution in [0.2, 0.25) is 0 Å². The van der Waals surface area contributed by atoms with Crippen molar-refractivity contribution < 1.29 is 14.1 Å². The second-order valence-electron chi connectivity index (χ2n) is 4.63. The van der Waals surface area contributed by atoms with Crippen molar-refractivity contribution >= 4 is 11.8 Å². The van der Waals surface area contributed by atoms with Crippen LogP contribution in [0, 0.1) is 13.8 Å². The van der Waals surface area contributed by atoms with Crippen LogP contribution in [0.1, 0.15) is 33.9 Å². The molecule has 0 atom stereocenters. The lowest BCUT2D eigenvalue weighted by molar-refractivity contribution is 0.0593. The largest absolute Gasteiger partial charge is 0.464 e. The molecule has 0 aliphatic carbocycles. The minimum atomic E-state index is -0.493. The van der Waals surface area contributed by atoms with Gasteiger partial charge < -0.3 is 14.6 Å². The quantitative estimate of drug-likeness (QED) is 0.642. The predicted octanol–water partition coefficient (Wildman–Crippen LogP) is 1.91. The van der Waals surface area contributed by atoms with Gasteiger partial charge >= 0.3 is 5.97 Å². The molecular weight excluding hydrogens is 272 g/mol. The number of ether oxygens (including phenoxy) is 1. The lowest BCUT2D eigenvalue weighted by Crippen LogP contribution is -2.09. The summed E-state index contributed by atoms with van der Waals surface area (Å²) in [5.74, 6) is 1.00. The van der Waals surface area contributed by atoms with Gasteiger partial charge in [0.1, 0.15) is 11.6 Å². The molecule has 0 spiro atoms. The third-order valence-electron chi connectivity index (χ3n) is 3.15. The van der Waals surface area contributed by atoms with Crippen LogP contribution in [0.25, 0.3) is 0 Å². The number of esters is 1. The van der Waals surface area contributed by atoms with E-state index in [1.165, 1.54) is 7.11 Å². The molecule has 0 radical (unpaired) electrons. The van der Waals surface area contributed by atoms with Crippen molar-refractivity contribution in [2.24, 2.45) is 0 Å². The van der Waals surface area contributed by atoms with Gasteiger partial charge in [-0.1, -0.05) is 5.16 Å². The summed E-state index contributed by atoms with van der Waals surface area (Å²) in [6.45, 7) is 4.60. The van der Waals surface area contributed by atoms with Crippen molar-refractivity contribution in [3.8, 4) is 0 Å². The van der Waals surface area contributed by atoms with E-state index in [9.17, 15) is 4.79 Å². The molecule has 21 heavy (non-hydrogen) atoms. The average Bonchev–Trinajstić information content (AvgIpc) is 2.82. The van der Waals surface area contributed by atoms with Crippen LogP contribution in [0.3, 0.4) is 0 Å². The standard InChI is InChI=1S/C14H18N4O3/c1-9-11(10(2)21-18-9)5-4-8-15-13-7-6-12(16-17-13)14(19)20-3/h6-7H,4-5,8H2,1-3H3,(H,15,17). The van der Waals surface area contributed by atoms with Gasteiger partial charge in [0.15, 0.2) is 5.69 Å². The Morgan fingerprint density at radius 3 is 2.71 bits per heavy atom. The molecular formula is C14H18N4O3. The van der Waals surface area contributed by atoms with Crippen molar-refractivity contribution in [1.29, 1.82) is 0 Å². The van der Waals surface area contributed by atoms with Crippen molar-refractivity contribution in [2.75, 3.05) is 19.0 Å². The van der Waals surface area contributed by atoms with E-state index in [-0.39, 0.29) is 5.69 Å². The average molecular weight is 290 g/mol. The van der Waals surface area contributed by atoms with E-state index in [0.29, 0.717) is 5.82 Å². The first-order valence-electron chi connectivity index (χ1n) is 6.69. The maximum atomic E-state index is 11.2. The highest BCUT2D eigenvalue weighted by molar-refractivity contribution is 5.86. The van der Waals surface area contributed by atoms with Gasteiger partial charge in [0.2, 0.25) is 0 Å².